The number of pyridine rings is 1. The molecule has 1 unspecified atom stereocenters. The molecule has 232 valence electrons. The number of aliphatic hydroxyl groups is 1. The van der Waals surface area contributed by atoms with E-state index in [2.05, 4.69) is 45.5 Å². The minimum Gasteiger partial charge on any atom is -0.506 e. The predicted octanol–water partition coefficient (Wildman–Crippen LogP) is 4.64. The van der Waals surface area contributed by atoms with Crippen molar-refractivity contribution in [1.29, 1.82) is 0 Å². The Hall–Kier alpha value is -4.07. The summed E-state index contributed by atoms with van der Waals surface area (Å²) in [7, 11) is -8.08. The summed E-state index contributed by atoms with van der Waals surface area (Å²) in [5.74, 6) is -1.24. The van der Waals surface area contributed by atoms with Crippen LogP contribution in [0.1, 0.15) is 56.0 Å². The summed E-state index contributed by atoms with van der Waals surface area (Å²) >= 11 is 0. The van der Waals surface area contributed by atoms with Gasteiger partial charge in [-0.25, -0.2) is 8.42 Å². The number of ketones is 1. The molecule has 3 aromatic rings. The number of rotatable bonds is 8. The Morgan fingerprint density at radius 3 is 2.45 bits per heavy atom. The average Bonchev–Trinajstić information content (AvgIpc) is 2.92. The summed E-state index contributed by atoms with van der Waals surface area (Å²) in [6.45, 7) is 8.38. The number of hydrogen-bond acceptors (Lipinski definition) is 9. The minimum absolute atomic E-state index is 0.0380. The van der Waals surface area contributed by atoms with E-state index in [-0.39, 0.29) is 39.6 Å². The van der Waals surface area contributed by atoms with Gasteiger partial charge in [-0.3, -0.25) is 19.8 Å². The van der Waals surface area contributed by atoms with Crippen LogP contribution in [0.25, 0.3) is 5.76 Å². The standard InChI is InChI=1S/C31H35N5O6S2/c1-19-10-11-20(17-32-19)18-33-31(15-14-30(2,3)4)23-9-7-6-8-22(23)27(37)26(28(31)38)29-34-24-13-12-21(35-43(5,39)40)16-25(24)44(41,42)36-29/h6-13,16-17,33,35,37H,14-15,18H2,1-5H3,(H,34,36). The van der Waals surface area contributed by atoms with Gasteiger partial charge in [0.05, 0.1) is 11.9 Å². The monoisotopic (exact) mass is 637 g/mol. The van der Waals surface area contributed by atoms with E-state index in [1.54, 1.807) is 30.5 Å². The maximum atomic E-state index is 14.8. The van der Waals surface area contributed by atoms with Gasteiger partial charge in [0, 0.05) is 29.7 Å². The zero-order chi connectivity index (χ0) is 32.1. The summed E-state index contributed by atoms with van der Waals surface area (Å²) in [4.78, 5) is 18.9. The van der Waals surface area contributed by atoms with Gasteiger partial charge in [-0.1, -0.05) is 51.1 Å². The van der Waals surface area contributed by atoms with E-state index >= 15 is 0 Å². The molecule has 0 spiro atoms. The fourth-order valence-corrected chi connectivity index (χ4v) is 7.04. The molecule has 0 radical (unpaired) electrons. The molecule has 11 nitrogen and oxygen atoms in total. The van der Waals surface area contributed by atoms with Crippen LogP contribution in [0, 0.1) is 12.3 Å². The quantitative estimate of drug-likeness (QED) is 0.275. The Morgan fingerprint density at radius 1 is 1.07 bits per heavy atom. The Morgan fingerprint density at radius 2 is 1.80 bits per heavy atom. The lowest BCUT2D eigenvalue weighted by atomic mass is 9.69. The lowest BCUT2D eigenvalue weighted by Gasteiger charge is -2.41. The molecule has 1 aliphatic heterocycles. The van der Waals surface area contributed by atoms with E-state index in [0.29, 0.717) is 24.0 Å². The minimum atomic E-state index is -4.41. The van der Waals surface area contributed by atoms with E-state index in [0.717, 1.165) is 23.6 Å². The third-order valence-electron chi connectivity index (χ3n) is 7.57. The molecule has 4 N–H and O–H groups in total. The second kappa shape index (κ2) is 11.1. The van der Waals surface area contributed by atoms with Crippen molar-refractivity contribution in [2.45, 2.75) is 57.5 Å². The number of nitrogens with zero attached hydrogens (tertiary/aromatic N) is 2. The summed E-state index contributed by atoms with van der Waals surface area (Å²) in [5, 5.41) is 17.9. The third-order valence-corrected chi connectivity index (χ3v) is 9.50. The van der Waals surface area contributed by atoms with Crippen molar-refractivity contribution in [2.75, 3.05) is 16.3 Å². The molecule has 44 heavy (non-hydrogen) atoms. The van der Waals surface area contributed by atoms with Gasteiger partial charge >= 0.3 is 0 Å². The molecule has 13 heteroatoms. The van der Waals surface area contributed by atoms with Crippen LogP contribution in [0.15, 0.2) is 75.7 Å². The first-order chi connectivity index (χ1) is 20.5. The largest absolute Gasteiger partial charge is 0.506 e. The molecule has 0 amide bonds. The molecule has 1 aromatic heterocycles. The number of hydrogen-bond donors (Lipinski definition) is 4. The second-order valence-electron chi connectivity index (χ2n) is 12.4. The lowest BCUT2D eigenvalue weighted by Crippen LogP contribution is -2.53. The second-order valence-corrected chi connectivity index (χ2v) is 15.7. The van der Waals surface area contributed by atoms with Gasteiger partial charge in [-0.15, -0.1) is 4.40 Å². The first-order valence-corrected chi connectivity index (χ1v) is 17.3. The van der Waals surface area contributed by atoms with Gasteiger partial charge in [0.25, 0.3) is 10.0 Å². The summed E-state index contributed by atoms with van der Waals surface area (Å²) in [6, 6.07) is 14.7. The highest BCUT2D eigenvalue weighted by Crippen LogP contribution is 2.44. The number of amidine groups is 1. The normalized spacial score (nSPS) is 19.5. The molecule has 1 aliphatic carbocycles. The van der Waals surface area contributed by atoms with E-state index < -0.39 is 37.1 Å². The Kier molecular flexibility index (Phi) is 7.93. The highest BCUT2D eigenvalue weighted by Gasteiger charge is 2.49. The molecule has 2 heterocycles. The van der Waals surface area contributed by atoms with Crippen LogP contribution in [0.5, 0.6) is 0 Å². The van der Waals surface area contributed by atoms with Gasteiger partial charge in [-0.05, 0) is 60.6 Å². The Bertz CT molecular complexity index is 1930. The summed E-state index contributed by atoms with van der Waals surface area (Å²) in [5.41, 5.74) is 1.02. The molecule has 0 bridgehead atoms. The molecule has 0 fully saturated rings. The first kappa shape index (κ1) is 31.4. The number of aromatic nitrogens is 1. The van der Waals surface area contributed by atoms with Gasteiger partial charge in [0.1, 0.15) is 21.8 Å². The number of sulfonamides is 2. The van der Waals surface area contributed by atoms with Crippen molar-refractivity contribution in [3.8, 4) is 0 Å². The smallest absolute Gasteiger partial charge is 0.286 e. The maximum absolute atomic E-state index is 14.8. The Labute approximate surface area is 257 Å². The number of carbonyl (C=O) groups is 1. The predicted molar refractivity (Wildman–Crippen MR) is 170 cm³/mol. The SMILES string of the molecule is Cc1ccc(CNC2(CCC(C)(C)C)C(=O)C(C3=NS(=O)(=O)c4cc(NS(C)(=O)=O)ccc4N3)=C(O)c3ccccc32)cn1. The number of nitrogens with one attached hydrogen (secondary N) is 3. The van der Waals surface area contributed by atoms with E-state index in [1.807, 2.05) is 19.1 Å². The lowest BCUT2D eigenvalue weighted by molar-refractivity contribution is -0.122. The topological polar surface area (TPSA) is 167 Å². The zero-order valence-corrected chi connectivity index (χ0v) is 26.7. The van der Waals surface area contributed by atoms with Gasteiger partial charge in [-0.2, -0.15) is 8.42 Å². The number of anilines is 2. The third kappa shape index (κ3) is 6.26. The van der Waals surface area contributed by atoms with Crippen LogP contribution in [0.2, 0.25) is 0 Å². The maximum Gasteiger partial charge on any atom is 0.286 e. The number of fused-ring (bicyclic) bond motifs is 2. The van der Waals surface area contributed by atoms with Crippen molar-refractivity contribution in [2.24, 2.45) is 9.81 Å². The van der Waals surface area contributed by atoms with Gasteiger partial charge in [0.2, 0.25) is 10.0 Å². The summed E-state index contributed by atoms with van der Waals surface area (Å²) in [6.07, 6.45) is 3.65. The van der Waals surface area contributed by atoms with Crippen molar-refractivity contribution in [3.63, 3.8) is 0 Å². The highest BCUT2D eigenvalue weighted by atomic mass is 32.2. The molecular formula is C31H35N5O6S2. The van der Waals surface area contributed by atoms with Crippen molar-refractivity contribution in [3.05, 3.63) is 88.8 Å². The van der Waals surface area contributed by atoms with Crippen LogP contribution < -0.4 is 15.4 Å². The van der Waals surface area contributed by atoms with Crippen molar-refractivity contribution in [1.82, 2.24) is 10.3 Å². The van der Waals surface area contributed by atoms with Crippen LogP contribution >= 0.6 is 0 Å². The van der Waals surface area contributed by atoms with Crippen molar-refractivity contribution < 1.29 is 26.7 Å². The van der Waals surface area contributed by atoms with Gasteiger partial charge in [0.15, 0.2) is 11.6 Å². The number of benzene rings is 2. The van der Waals surface area contributed by atoms with Crippen LogP contribution in [-0.4, -0.2) is 44.8 Å². The summed E-state index contributed by atoms with van der Waals surface area (Å²) < 4.78 is 56.4. The molecule has 2 aromatic carbocycles. The first-order valence-electron chi connectivity index (χ1n) is 14.0. The average molecular weight is 638 g/mol. The molecule has 1 atom stereocenters. The van der Waals surface area contributed by atoms with Crippen LogP contribution in [-0.2, 0) is 36.9 Å². The van der Waals surface area contributed by atoms with E-state index in [9.17, 15) is 26.7 Å². The highest BCUT2D eigenvalue weighted by molar-refractivity contribution is 7.92. The zero-order valence-electron chi connectivity index (χ0n) is 25.1. The number of carbonyl (C=O) groups excluding carboxylic acids is 1. The molecule has 0 saturated carbocycles. The Balaban J connectivity index is 1.64. The van der Waals surface area contributed by atoms with E-state index in [4.69, 9.17) is 0 Å². The van der Waals surface area contributed by atoms with Crippen LogP contribution in [0.3, 0.4) is 0 Å². The molecule has 5 rings (SSSR count). The van der Waals surface area contributed by atoms with Crippen molar-refractivity contribution >= 4 is 48.8 Å². The number of aryl methyl sites for hydroxylation is 1. The molecule has 0 saturated heterocycles. The molecular weight excluding hydrogens is 603 g/mol. The van der Waals surface area contributed by atoms with Gasteiger partial charge < -0.3 is 10.4 Å². The van der Waals surface area contributed by atoms with E-state index in [1.165, 1.54) is 12.1 Å². The molecule has 2 aliphatic rings. The fourth-order valence-electron chi connectivity index (χ4n) is 5.33. The van der Waals surface area contributed by atoms with Crippen LogP contribution in [0.4, 0.5) is 11.4 Å². The number of Topliss-reactive ketones (excluding diaryl/α,β-unsaturated/α-hetero) is 1. The number of aliphatic hydroxyl groups excluding tert-OH is 1. The fraction of sp³-hybridized carbons (Fsp3) is 0.323.